The van der Waals surface area contributed by atoms with E-state index in [2.05, 4.69) is 11.8 Å². The van der Waals surface area contributed by atoms with E-state index in [-0.39, 0.29) is 0 Å². The van der Waals surface area contributed by atoms with Crippen molar-refractivity contribution < 1.29 is 5.11 Å². The Morgan fingerprint density at radius 2 is 2.00 bits per heavy atom. The summed E-state index contributed by atoms with van der Waals surface area (Å²) in [5.41, 5.74) is 0. The summed E-state index contributed by atoms with van der Waals surface area (Å²) in [6.07, 6.45) is 10.4. The third-order valence-corrected chi connectivity index (χ3v) is 3.57. The van der Waals surface area contributed by atoms with Crippen LogP contribution >= 0.6 is 0 Å². The molecule has 0 aromatic heterocycles. The molecule has 0 aliphatic carbocycles. The van der Waals surface area contributed by atoms with E-state index < -0.39 is 0 Å². The molecule has 0 aromatic carbocycles. The molecule has 0 aromatic rings. The molecule has 1 saturated heterocycles. The van der Waals surface area contributed by atoms with Gasteiger partial charge < -0.3 is 10.0 Å². The highest BCUT2D eigenvalue weighted by atomic mass is 16.2. The second-order valence-electron chi connectivity index (χ2n) is 4.73. The van der Waals surface area contributed by atoms with Gasteiger partial charge in [-0.25, -0.2) is 0 Å². The van der Waals surface area contributed by atoms with Crippen LogP contribution in [0.15, 0.2) is 0 Å². The molecular formula is C13H27NO. The molecule has 2 nitrogen and oxygen atoms in total. The Morgan fingerprint density at radius 1 is 1.13 bits per heavy atom. The normalized spacial score (nSPS) is 24.0. The highest BCUT2D eigenvalue weighted by Gasteiger charge is 2.18. The Labute approximate surface area is 94.7 Å². The molecule has 0 spiro atoms. The smallest absolute Gasteiger partial charge is 0.0431 e. The predicted molar refractivity (Wildman–Crippen MR) is 65.1 cm³/mol. The van der Waals surface area contributed by atoms with Crippen LogP contribution in [-0.2, 0) is 0 Å². The second kappa shape index (κ2) is 8.12. The quantitative estimate of drug-likeness (QED) is 0.686. The number of rotatable bonds is 6. The molecule has 1 fully saturated rings. The van der Waals surface area contributed by atoms with Crippen molar-refractivity contribution in [3.63, 3.8) is 0 Å². The van der Waals surface area contributed by atoms with E-state index in [1.54, 1.807) is 0 Å². The van der Waals surface area contributed by atoms with Crippen LogP contribution in [0.5, 0.6) is 0 Å². The highest BCUT2D eigenvalue weighted by molar-refractivity contribution is 4.74. The van der Waals surface area contributed by atoms with Crippen molar-refractivity contribution >= 4 is 0 Å². The second-order valence-corrected chi connectivity index (χ2v) is 4.73. The monoisotopic (exact) mass is 213 g/mol. The maximum atomic E-state index is 8.73. The topological polar surface area (TPSA) is 23.5 Å². The molecule has 1 heterocycles. The minimum Gasteiger partial charge on any atom is -0.396 e. The van der Waals surface area contributed by atoms with Gasteiger partial charge in [0.1, 0.15) is 0 Å². The molecule has 1 atom stereocenters. The van der Waals surface area contributed by atoms with Crippen LogP contribution in [-0.4, -0.2) is 35.7 Å². The van der Waals surface area contributed by atoms with Gasteiger partial charge in [-0.05, 0) is 51.6 Å². The average Bonchev–Trinajstić information content (AvgIpc) is 2.49. The van der Waals surface area contributed by atoms with Gasteiger partial charge in [0.25, 0.3) is 0 Å². The molecule has 90 valence electrons. The maximum Gasteiger partial charge on any atom is 0.0431 e. The van der Waals surface area contributed by atoms with E-state index in [0.717, 1.165) is 12.5 Å². The summed E-state index contributed by atoms with van der Waals surface area (Å²) < 4.78 is 0. The molecular weight excluding hydrogens is 186 g/mol. The van der Waals surface area contributed by atoms with Gasteiger partial charge >= 0.3 is 0 Å². The van der Waals surface area contributed by atoms with Crippen LogP contribution in [0.25, 0.3) is 0 Å². The zero-order valence-electron chi connectivity index (χ0n) is 10.2. The number of hydrogen-bond donors (Lipinski definition) is 1. The zero-order valence-corrected chi connectivity index (χ0v) is 10.2. The SMILES string of the molecule is CC[C@@H]1CCCCCN1CCCCCO. The first-order valence-electron chi connectivity index (χ1n) is 6.73. The van der Waals surface area contributed by atoms with Crippen LogP contribution in [0, 0.1) is 0 Å². The minimum atomic E-state index is 0.358. The van der Waals surface area contributed by atoms with Gasteiger partial charge in [-0.2, -0.15) is 0 Å². The third-order valence-electron chi connectivity index (χ3n) is 3.57. The Kier molecular flexibility index (Phi) is 7.03. The Balaban J connectivity index is 2.22. The van der Waals surface area contributed by atoms with Crippen LogP contribution in [0.1, 0.15) is 58.3 Å². The van der Waals surface area contributed by atoms with Crippen LogP contribution < -0.4 is 0 Å². The molecule has 0 saturated carbocycles. The molecule has 0 amide bonds. The fourth-order valence-corrected chi connectivity index (χ4v) is 2.60. The van der Waals surface area contributed by atoms with Gasteiger partial charge in [0.05, 0.1) is 0 Å². The van der Waals surface area contributed by atoms with Gasteiger partial charge in [-0.3, -0.25) is 0 Å². The minimum absolute atomic E-state index is 0.358. The third kappa shape index (κ3) is 4.98. The van der Waals surface area contributed by atoms with Gasteiger partial charge in [-0.1, -0.05) is 19.8 Å². The standard InChI is InChI=1S/C13H27NO/c1-2-13-9-5-3-6-10-14(13)11-7-4-8-12-15/h13,15H,2-12H2,1H3/t13-/m1/s1. The van der Waals surface area contributed by atoms with E-state index in [1.165, 1.54) is 58.0 Å². The van der Waals surface area contributed by atoms with Crippen LogP contribution in [0.2, 0.25) is 0 Å². The number of hydrogen-bond acceptors (Lipinski definition) is 2. The van der Waals surface area contributed by atoms with Crippen molar-refractivity contribution in [3.05, 3.63) is 0 Å². The predicted octanol–water partition coefficient (Wildman–Crippen LogP) is 2.80. The number of nitrogens with zero attached hydrogens (tertiary/aromatic N) is 1. The number of aliphatic hydroxyl groups excluding tert-OH is 1. The first-order valence-corrected chi connectivity index (χ1v) is 6.73. The Morgan fingerprint density at radius 3 is 2.73 bits per heavy atom. The van der Waals surface area contributed by atoms with E-state index in [1.807, 2.05) is 0 Å². The lowest BCUT2D eigenvalue weighted by molar-refractivity contribution is 0.188. The van der Waals surface area contributed by atoms with E-state index in [9.17, 15) is 0 Å². The molecule has 1 aliphatic heterocycles. The first-order chi connectivity index (χ1) is 7.38. The van der Waals surface area contributed by atoms with E-state index >= 15 is 0 Å². The van der Waals surface area contributed by atoms with E-state index in [4.69, 9.17) is 5.11 Å². The lowest BCUT2D eigenvalue weighted by Gasteiger charge is -2.29. The van der Waals surface area contributed by atoms with Crippen LogP contribution in [0.3, 0.4) is 0 Å². The average molecular weight is 213 g/mol. The maximum absolute atomic E-state index is 8.73. The molecule has 0 radical (unpaired) electrons. The van der Waals surface area contributed by atoms with Gasteiger partial charge in [-0.15, -0.1) is 0 Å². The molecule has 1 aliphatic rings. The van der Waals surface area contributed by atoms with Crippen LogP contribution in [0.4, 0.5) is 0 Å². The Bertz CT molecular complexity index is 149. The van der Waals surface area contributed by atoms with Crippen molar-refractivity contribution in [1.29, 1.82) is 0 Å². The molecule has 1 N–H and O–H groups in total. The fourth-order valence-electron chi connectivity index (χ4n) is 2.60. The molecule has 1 rings (SSSR count). The summed E-state index contributed by atoms with van der Waals surface area (Å²) in [4.78, 5) is 2.68. The number of aliphatic hydroxyl groups is 1. The first kappa shape index (κ1) is 13.0. The zero-order chi connectivity index (χ0) is 10.9. The summed E-state index contributed by atoms with van der Waals surface area (Å²) in [6, 6.07) is 0.835. The fraction of sp³-hybridized carbons (Fsp3) is 1.00. The summed E-state index contributed by atoms with van der Waals surface area (Å²) >= 11 is 0. The van der Waals surface area contributed by atoms with Crippen molar-refractivity contribution in [1.82, 2.24) is 4.90 Å². The molecule has 15 heavy (non-hydrogen) atoms. The summed E-state index contributed by atoms with van der Waals surface area (Å²) in [6.45, 7) is 5.23. The lowest BCUT2D eigenvalue weighted by Crippen LogP contribution is -2.35. The van der Waals surface area contributed by atoms with Gasteiger partial charge in [0.15, 0.2) is 0 Å². The van der Waals surface area contributed by atoms with Crippen molar-refractivity contribution in [2.24, 2.45) is 0 Å². The van der Waals surface area contributed by atoms with Gasteiger partial charge in [0.2, 0.25) is 0 Å². The molecule has 2 heteroatoms. The molecule has 0 bridgehead atoms. The summed E-state index contributed by atoms with van der Waals surface area (Å²) in [5.74, 6) is 0. The highest BCUT2D eigenvalue weighted by Crippen LogP contribution is 2.19. The number of unbranched alkanes of at least 4 members (excludes halogenated alkanes) is 2. The van der Waals surface area contributed by atoms with Crippen molar-refractivity contribution in [2.75, 3.05) is 19.7 Å². The van der Waals surface area contributed by atoms with Crippen molar-refractivity contribution in [3.8, 4) is 0 Å². The number of likely N-dealkylation sites (tertiary alicyclic amines) is 1. The van der Waals surface area contributed by atoms with Gasteiger partial charge in [0, 0.05) is 12.6 Å². The van der Waals surface area contributed by atoms with Crippen molar-refractivity contribution in [2.45, 2.75) is 64.3 Å². The summed E-state index contributed by atoms with van der Waals surface area (Å²) in [5, 5.41) is 8.73. The largest absolute Gasteiger partial charge is 0.396 e. The lowest BCUT2D eigenvalue weighted by atomic mass is 10.1. The Hall–Kier alpha value is -0.0800. The molecule has 0 unspecified atom stereocenters. The summed E-state index contributed by atoms with van der Waals surface area (Å²) in [7, 11) is 0. The van der Waals surface area contributed by atoms with E-state index in [0.29, 0.717) is 6.61 Å².